The van der Waals surface area contributed by atoms with Gasteiger partial charge in [-0.25, -0.2) is 4.98 Å². The summed E-state index contributed by atoms with van der Waals surface area (Å²) in [6.07, 6.45) is 6.32. The van der Waals surface area contributed by atoms with Crippen LogP contribution in [0.1, 0.15) is 99.3 Å². The zero-order valence-electron chi connectivity index (χ0n) is 30.5. The average molecular weight is 838 g/mol. The van der Waals surface area contributed by atoms with Crippen molar-refractivity contribution in [3.63, 3.8) is 0 Å². The number of aliphatic hydroxyl groups is 1. The Kier molecular flexibility index (Phi) is 11.3. The SMILES string of the molecule is CCC(C)(CC)C(=O)/C=C(\O)C(C)(CC)CC.Cc1cc2c(ccc3oc4ncnc(-c5[c-]c6ccccc6c(C(C)(C)C)c5)c4c32)o1.[Ir]. The third-order valence-corrected chi connectivity index (χ3v) is 10.5. The number of hydrogen-bond acceptors (Lipinski definition) is 6. The van der Waals surface area contributed by atoms with E-state index in [-0.39, 0.29) is 47.9 Å². The fourth-order valence-corrected chi connectivity index (χ4v) is 6.20. The summed E-state index contributed by atoms with van der Waals surface area (Å²) in [6.45, 7) is 20.7. The molecule has 3 heterocycles. The number of allylic oxidation sites excluding steroid dienone is 2. The van der Waals surface area contributed by atoms with Crippen molar-refractivity contribution < 1.29 is 38.8 Å². The first kappa shape index (κ1) is 38.0. The maximum Gasteiger partial charge on any atom is 0.223 e. The van der Waals surface area contributed by atoms with Crippen molar-refractivity contribution >= 4 is 49.6 Å². The van der Waals surface area contributed by atoms with Gasteiger partial charge in [-0.3, -0.25) is 9.78 Å². The molecular formula is C42H49IrN2O4-. The molecule has 0 aliphatic rings. The van der Waals surface area contributed by atoms with E-state index in [0.717, 1.165) is 75.4 Å². The monoisotopic (exact) mass is 838 g/mol. The van der Waals surface area contributed by atoms with Crippen LogP contribution in [0.3, 0.4) is 0 Å². The van der Waals surface area contributed by atoms with Gasteiger partial charge in [0.15, 0.2) is 5.78 Å². The molecule has 0 atom stereocenters. The van der Waals surface area contributed by atoms with Gasteiger partial charge in [-0.15, -0.1) is 29.1 Å². The van der Waals surface area contributed by atoms with Crippen LogP contribution in [0.4, 0.5) is 0 Å². The second-order valence-electron chi connectivity index (χ2n) is 14.5. The summed E-state index contributed by atoms with van der Waals surface area (Å²) >= 11 is 0. The fourth-order valence-electron chi connectivity index (χ4n) is 6.20. The first-order chi connectivity index (χ1) is 22.7. The van der Waals surface area contributed by atoms with E-state index in [1.165, 1.54) is 17.0 Å². The van der Waals surface area contributed by atoms with Crippen molar-refractivity contribution in [3.05, 3.63) is 84.1 Å². The predicted molar refractivity (Wildman–Crippen MR) is 197 cm³/mol. The molecule has 1 N–H and O–H groups in total. The number of carbonyl (C=O) groups excluding carboxylic acids is 1. The third-order valence-electron chi connectivity index (χ3n) is 10.5. The number of hydrogen-bond donors (Lipinski definition) is 1. The molecule has 0 unspecified atom stereocenters. The van der Waals surface area contributed by atoms with Crippen LogP contribution in [0, 0.1) is 23.8 Å². The van der Waals surface area contributed by atoms with Gasteiger partial charge in [0, 0.05) is 58.9 Å². The molecular weight excluding hydrogens is 789 g/mol. The van der Waals surface area contributed by atoms with Crippen LogP contribution in [0.5, 0.6) is 0 Å². The molecule has 6 rings (SSSR count). The van der Waals surface area contributed by atoms with Gasteiger partial charge in [-0.2, -0.15) is 0 Å². The normalized spacial score (nSPS) is 12.7. The second-order valence-corrected chi connectivity index (χ2v) is 14.5. The Morgan fingerprint density at radius 3 is 2.08 bits per heavy atom. The summed E-state index contributed by atoms with van der Waals surface area (Å²) in [5.74, 6) is 1.15. The van der Waals surface area contributed by atoms with E-state index in [0.29, 0.717) is 5.71 Å². The van der Waals surface area contributed by atoms with Gasteiger partial charge < -0.3 is 13.9 Å². The van der Waals surface area contributed by atoms with Crippen LogP contribution in [0.2, 0.25) is 0 Å². The summed E-state index contributed by atoms with van der Waals surface area (Å²) in [5.41, 5.74) is 4.59. The quantitative estimate of drug-likeness (QED) is 0.0933. The third kappa shape index (κ3) is 7.25. The molecule has 261 valence electrons. The number of furan rings is 2. The second kappa shape index (κ2) is 14.6. The molecule has 0 aliphatic heterocycles. The molecule has 6 nitrogen and oxygen atoms in total. The molecule has 3 aromatic carbocycles. The minimum absolute atomic E-state index is 0. The van der Waals surface area contributed by atoms with Crippen molar-refractivity contribution in [2.75, 3.05) is 0 Å². The van der Waals surface area contributed by atoms with Crippen molar-refractivity contribution in [2.45, 2.75) is 100 Å². The summed E-state index contributed by atoms with van der Waals surface area (Å²) in [5, 5.41) is 15.3. The van der Waals surface area contributed by atoms with Gasteiger partial charge in [0.05, 0.1) is 0 Å². The van der Waals surface area contributed by atoms with Crippen LogP contribution < -0.4 is 0 Å². The van der Waals surface area contributed by atoms with E-state index in [9.17, 15) is 9.90 Å². The average Bonchev–Trinajstić information content (AvgIpc) is 3.66. The van der Waals surface area contributed by atoms with E-state index in [1.54, 1.807) is 6.33 Å². The van der Waals surface area contributed by atoms with E-state index < -0.39 is 0 Å². The first-order valence-electron chi connectivity index (χ1n) is 17.2. The van der Waals surface area contributed by atoms with Crippen LogP contribution in [0.15, 0.2) is 75.5 Å². The number of rotatable bonds is 8. The summed E-state index contributed by atoms with van der Waals surface area (Å²) in [7, 11) is 0. The Balaban J connectivity index is 0.000000260. The molecule has 0 bridgehead atoms. The van der Waals surface area contributed by atoms with Gasteiger partial charge in [0.25, 0.3) is 0 Å². The summed E-state index contributed by atoms with van der Waals surface area (Å²) < 4.78 is 12.0. The zero-order chi connectivity index (χ0) is 35.0. The Bertz CT molecular complexity index is 2140. The molecule has 6 aromatic rings. The van der Waals surface area contributed by atoms with Gasteiger partial charge in [0.2, 0.25) is 5.71 Å². The molecule has 1 radical (unpaired) electrons. The van der Waals surface area contributed by atoms with E-state index in [1.807, 2.05) is 66.7 Å². The van der Waals surface area contributed by atoms with Gasteiger partial charge >= 0.3 is 0 Å². The number of aliphatic hydroxyl groups excluding tert-OH is 1. The Morgan fingerprint density at radius 2 is 1.45 bits per heavy atom. The van der Waals surface area contributed by atoms with E-state index in [4.69, 9.17) is 13.8 Å². The largest absolute Gasteiger partial charge is 0.512 e. The van der Waals surface area contributed by atoms with Crippen molar-refractivity contribution in [1.29, 1.82) is 0 Å². The number of benzene rings is 3. The van der Waals surface area contributed by atoms with E-state index in [2.05, 4.69) is 62.2 Å². The number of ketones is 1. The maximum atomic E-state index is 12.2. The number of nitrogens with zero attached hydrogens (tertiary/aromatic N) is 2. The molecule has 0 fully saturated rings. The zero-order valence-corrected chi connectivity index (χ0v) is 32.9. The van der Waals surface area contributed by atoms with Crippen molar-refractivity contribution in [2.24, 2.45) is 10.8 Å². The molecule has 0 saturated carbocycles. The van der Waals surface area contributed by atoms with Crippen LogP contribution >= 0.6 is 0 Å². The molecule has 0 amide bonds. The molecule has 7 heteroatoms. The summed E-state index contributed by atoms with van der Waals surface area (Å²) in [4.78, 5) is 21.3. The number of fused-ring (bicyclic) bond motifs is 6. The van der Waals surface area contributed by atoms with Crippen molar-refractivity contribution in [3.8, 4) is 11.3 Å². The van der Waals surface area contributed by atoms with Gasteiger partial charge in [-0.1, -0.05) is 91.5 Å². The Hall–Kier alpha value is -3.80. The van der Waals surface area contributed by atoms with E-state index >= 15 is 0 Å². The van der Waals surface area contributed by atoms with Crippen LogP contribution in [0.25, 0.3) is 55.1 Å². The number of carbonyl (C=O) groups is 1. The molecule has 3 aromatic heterocycles. The standard InChI is InChI=1S/C27H21N2O2.C15H28O2.Ir/c1-15-11-19-21(30-15)9-10-22-23(19)24-25(28-14-29-26(24)31-22)17-12-16-7-5-6-8-18(16)20(13-17)27(2,3)4;1-7-14(5,8-2)12(16)11-13(17)15(6,9-3)10-4;/h5-11,13-14H,1-4H3;11,16H,7-10H2,1-6H3;/q-1;;/b;12-11-;. The predicted octanol–water partition coefficient (Wildman–Crippen LogP) is 12.0. The number of aromatic nitrogens is 2. The maximum absolute atomic E-state index is 12.2. The minimum Gasteiger partial charge on any atom is -0.512 e. The molecule has 0 spiro atoms. The van der Waals surface area contributed by atoms with Crippen molar-refractivity contribution in [1.82, 2.24) is 9.97 Å². The Morgan fingerprint density at radius 1 is 0.816 bits per heavy atom. The fraction of sp³-hybridized carbons (Fsp3) is 0.405. The Labute approximate surface area is 303 Å². The van der Waals surface area contributed by atoms with Crippen LogP contribution in [-0.2, 0) is 30.3 Å². The number of aryl methyl sites for hydroxylation is 1. The molecule has 0 saturated heterocycles. The molecule has 0 aliphatic carbocycles. The van der Waals surface area contributed by atoms with Gasteiger partial charge in [-0.05, 0) is 56.2 Å². The smallest absolute Gasteiger partial charge is 0.223 e. The topological polar surface area (TPSA) is 89.4 Å². The van der Waals surface area contributed by atoms with Gasteiger partial charge in [0.1, 0.15) is 29.0 Å². The van der Waals surface area contributed by atoms with Crippen LogP contribution in [-0.4, -0.2) is 20.9 Å². The summed E-state index contributed by atoms with van der Waals surface area (Å²) in [6, 6.07) is 20.1. The first-order valence-corrected chi connectivity index (χ1v) is 17.2. The minimum atomic E-state index is -0.337. The molecule has 49 heavy (non-hydrogen) atoms.